The Kier molecular flexibility index (Phi) is 3.66. The van der Waals surface area contributed by atoms with Crippen LogP contribution in [0.4, 0.5) is 8.78 Å². The van der Waals surface area contributed by atoms with E-state index in [-0.39, 0.29) is 31.9 Å². The minimum atomic E-state index is -1.12. The van der Waals surface area contributed by atoms with Gasteiger partial charge in [0.05, 0.1) is 15.1 Å². The molecule has 0 saturated carbocycles. The molecule has 1 N–H and O–H groups in total. The van der Waals surface area contributed by atoms with Crippen molar-refractivity contribution in [2.75, 3.05) is 0 Å². The number of phenols is 1. The molecule has 0 saturated heterocycles. The molecule has 18 heavy (non-hydrogen) atoms. The van der Waals surface area contributed by atoms with Crippen molar-refractivity contribution in [1.82, 2.24) is 0 Å². The van der Waals surface area contributed by atoms with Crippen LogP contribution < -0.4 is 0 Å². The van der Waals surface area contributed by atoms with Crippen molar-refractivity contribution in [3.63, 3.8) is 0 Å². The average Bonchev–Trinajstić information content (AvgIpc) is 2.31. The Morgan fingerprint density at radius 1 is 0.889 bits per heavy atom. The third-order valence-corrected chi connectivity index (χ3v) is 3.28. The Labute approximate surface area is 117 Å². The number of benzene rings is 2. The fourth-order valence-electron chi connectivity index (χ4n) is 1.50. The summed E-state index contributed by atoms with van der Waals surface area (Å²) in [5.41, 5.74) is -0.0787. The molecule has 0 fully saturated rings. The largest absolute Gasteiger partial charge is 0.506 e. The second kappa shape index (κ2) is 4.92. The summed E-state index contributed by atoms with van der Waals surface area (Å²) in [5.74, 6) is -2.42. The van der Waals surface area contributed by atoms with Gasteiger partial charge in [-0.05, 0) is 18.2 Å². The number of aromatic hydroxyl groups is 1. The molecule has 1 nitrogen and oxygen atoms in total. The van der Waals surface area contributed by atoms with Crippen molar-refractivity contribution in [3.8, 4) is 16.9 Å². The summed E-state index contributed by atoms with van der Waals surface area (Å²) in [5, 5.41) is 9.33. The summed E-state index contributed by atoms with van der Waals surface area (Å²) >= 11 is 17.4. The highest BCUT2D eigenvalue weighted by Crippen LogP contribution is 2.40. The summed E-state index contributed by atoms with van der Waals surface area (Å²) in [7, 11) is 0. The predicted molar refractivity (Wildman–Crippen MR) is 68.5 cm³/mol. The van der Waals surface area contributed by atoms with Gasteiger partial charge in [0.15, 0.2) is 11.6 Å². The Morgan fingerprint density at radius 2 is 1.56 bits per heavy atom. The predicted octanol–water partition coefficient (Wildman–Crippen LogP) is 5.30. The minimum absolute atomic E-state index is 0.00226. The molecule has 0 aromatic heterocycles. The smallest absolute Gasteiger partial charge is 0.168 e. The van der Waals surface area contributed by atoms with E-state index in [9.17, 15) is 13.9 Å². The number of rotatable bonds is 1. The molecule has 2 aromatic rings. The molecular formula is C12H5Cl3F2O. The SMILES string of the molecule is Oc1cc(Cl)c(-c2c(Cl)ccc(F)c2F)cc1Cl. The first-order valence-electron chi connectivity index (χ1n) is 4.73. The Hall–Kier alpha value is -1.03. The van der Waals surface area contributed by atoms with Gasteiger partial charge in [-0.15, -0.1) is 0 Å². The van der Waals surface area contributed by atoms with E-state index in [4.69, 9.17) is 34.8 Å². The summed E-state index contributed by atoms with van der Waals surface area (Å²) in [6.07, 6.45) is 0. The highest BCUT2D eigenvalue weighted by atomic mass is 35.5. The van der Waals surface area contributed by atoms with Crippen LogP contribution in [-0.4, -0.2) is 5.11 Å². The lowest BCUT2D eigenvalue weighted by atomic mass is 10.0. The van der Waals surface area contributed by atoms with Crippen LogP contribution in [0.1, 0.15) is 0 Å². The molecule has 6 heteroatoms. The fourth-order valence-corrected chi connectivity index (χ4v) is 2.17. The van der Waals surface area contributed by atoms with Crippen molar-refractivity contribution in [2.24, 2.45) is 0 Å². The first-order chi connectivity index (χ1) is 8.41. The monoisotopic (exact) mass is 308 g/mol. The number of halogens is 5. The molecule has 0 spiro atoms. The standard InChI is InChI=1S/C12H5Cl3F2O/c13-6-1-2-9(16)12(17)11(6)5-3-8(15)10(18)4-7(5)14/h1-4,18H. The topological polar surface area (TPSA) is 20.2 Å². The van der Waals surface area contributed by atoms with Crippen LogP contribution >= 0.6 is 34.8 Å². The second-order valence-electron chi connectivity index (χ2n) is 3.50. The van der Waals surface area contributed by atoms with E-state index in [2.05, 4.69) is 0 Å². The van der Waals surface area contributed by atoms with Gasteiger partial charge in [0.25, 0.3) is 0 Å². The molecule has 0 atom stereocenters. The summed E-state index contributed by atoms with van der Waals surface area (Å²) in [6, 6.07) is 4.49. The van der Waals surface area contributed by atoms with E-state index in [1.54, 1.807) is 0 Å². The first-order valence-corrected chi connectivity index (χ1v) is 5.87. The number of hydrogen-bond acceptors (Lipinski definition) is 1. The third-order valence-electron chi connectivity index (χ3n) is 2.35. The zero-order valence-electron chi connectivity index (χ0n) is 8.65. The lowest BCUT2D eigenvalue weighted by molar-refractivity contribution is 0.475. The van der Waals surface area contributed by atoms with Gasteiger partial charge >= 0.3 is 0 Å². The maximum absolute atomic E-state index is 13.7. The van der Waals surface area contributed by atoms with Gasteiger partial charge in [-0.2, -0.15) is 0 Å². The third kappa shape index (κ3) is 2.26. The lowest BCUT2D eigenvalue weighted by Crippen LogP contribution is -1.92. The van der Waals surface area contributed by atoms with Crippen LogP contribution in [-0.2, 0) is 0 Å². The van der Waals surface area contributed by atoms with Gasteiger partial charge in [-0.25, -0.2) is 8.78 Å². The van der Waals surface area contributed by atoms with Crippen LogP contribution in [0.3, 0.4) is 0 Å². The molecule has 0 aliphatic rings. The summed E-state index contributed by atoms with van der Waals surface area (Å²) in [4.78, 5) is 0. The van der Waals surface area contributed by atoms with E-state index < -0.39 is 11.6 Å². The molecule has 0 unspecified atom stereocenters. The fraction of sp³-hybridized carbons (Fsp3) is 0. The van der Waals surface area contributed by atoms with E-state index in [0.717, 1.165) is 12.1 Å². The molecule has 0 bridgehead atoms. The maximum atomic E-state index is 13.7. The van der Waals surface area contributed by atoms with Gasteiger partial charge in [0, 0.05) is 17.2 Å². The molecule has 2 aromatic carbocycles. The van der Waals surface area contributed by atoms with Gasteiger partial charge in [0.2, 0.25) is 0 Å². The number of hydrogen-bond donors (Lipinski definition) is 1. The normalized spacial score (nSPS) is 10.7. The van der Waals surface area contributed by atoms with Gasteiger partial charge < -0.3 is 5.11 Å². The van der Waals surface area contributed by atoms with Crippen molar-refractivity contribution < 1.29 is 13.9 Å². The zero-order chi connectivity index (χ0) is 13.4. The minimum Gasteiger partial charge on any atom is -0.506 e. The number of phenolic OH excluding ortho intramolecular Hbond substituents is 1. The maximum Gasteiger partial charge on any atom is 0.168 e. The van der Waals surface area contributed by atoms with E-state index >= 15 is 0 Å². The van der Waals surface area contributed by atoms with E-state index in [1.165, 1.54) is 12.1 Å². The van der Waals surface area contributed by atoms with E-state index in [0.29, 0.717) is 0 Å². The van der Waals surface area contributed by atoms with Crippen LogP contribution in [0.15, 0.2) is 24.3 Å². The molecule has 0 radical (unpaired) electrons. The average molecular weight is 310 g/mol. The Morgan fingerprint density at radius 3 is 2.22 bits per heavy atom. The Balaban J connectivity index is 2.77. The van der Waals surface area contributed by atoms with Crippen LogP contribution in [0.2, 0.25) is 15.1 Å². The highest BCUT2D eigenvalue weighted by Gasteiger charge is 2.18. The van der Waals surface area contributed by atoms with Gasteiger partial charge in [0.1, 0.15) is 5.75 Å². The lowest BCUT2D eigenvalue weighted by Gasteiger charge is -2.10. The van der Waals surface area contributed by atoms with Crippen LogP contribution in [0.5, 0.6) is 5.75 Å². The van der Waals surface area contributed by atoms with Crippen LogP contribution in [0.25, 0.3) is 11.1 Å². The van der Waals surface area contributed by atoms with Crippen molar-refractivity contribution in [1.29, 1.82) is 0 Å². The van der Waals surface area contributed by atoms with Gasteiger partial charge in [-0.3, -0.25) is 0 Å². The van der Waals surface area contributed by atoms with Crippen molar-refractivity contribution >= 4 is 34.8 Å². The highest BCUT2D eigenvalue weighted by molar-refractivity contribution is 6.38. The van der Waals surface area contributed by atoms with Crippen molar-refractivity contribution in [2.45, 2.75) is 0 Å². The summed E-state index contributed by atoms with van der Waals surface area (Å²) < 4.78 is 26.9. The molecule has 0 aliphatic heterocycles. The molecule has 94 valence electrons. The first kappa shape index (κ1) is 13.4. The molecule has 0 amide bonds. The quantitative estimate of drug-likeness (QED) is 0.709. The zero-order valence-corrected chi connectivity index (χ0v) is 10.9. The van der Waals surface area contributed by atoms with Gasteiger partial charge in [-0.1, -0.05) is 34.8 Å². The van der Waals surface area contributed by atoms with Crippen molar-refractivity contribution in [3.05, 3.63) is 51.0 Å². The molecule has 0 aliphatic carbocycles. The molecular weight excluding hydrogens is 304 g/mol. The second-order valence-corrected chi connectivity index (χ2v) is 4.72. The Bertz CT molecular complexity index is 629. The van der Waals surface area contributed by atoms with E-state index in [1.807, 2.05) is 0 Å². The molecule has 0 heterocycles. The van der Waals surface area contributed by atoms with Crippen LogP contribution in [0, 0.1) is 11.6 Å². The molecule has 2 rings (SSSR count). The summed E-state index contributed by atoms with van der Waals surface area (Å²) in [6.45, 7) is 0.